The average molecular weight is 366 g/mol. The minimum absolute atomic E-state index is 0. The van der Waals surface area contributed by atoms with Crippen LogP contribution in [-0.4, -0.2) is 38.9 Å². The Labute approximate surface area is 133 Å². The normalized spacial score (nSPS) is 16.1. The summed E-state index contributed by atoms with van der Waals surface area (Å²) < 4.78 is 26.1. The lowest BCUT2D eigenvalue weighted by Gasteiger charge is -2.35. The van der Waals surface area contributed by atoms with E-state index in [0.717, 1.165) is 0 Å². The molecule has 1 aliphatic rings. The molecule has 108 valence electrons. The van der Waals surface area contributed by atoms with E-state index in [0.29, 0.717) is 18.1 Å². The van der Waals surface area contributed by atoms with Gasteiger partial charge in [-0.15, -0.1) is 12.4 Å². The predicted molar refractivity (Wildman–Crippen MR) is 80.3 cm³/mol. The summed E-state index contributed by atoms with van der Waals surface area (Å²) in [6, 6.07) is 2.67. The van der Waals surface area contributed by atoms with Crippen LogP contribution < -0.4 is 5.32 Å². The van der Waals surface area contributed by atoms with Gasteiger partial charge in [-0.25, -0.2) is 8.42 Å². The summed E-state index contributed by atoms with van der Waals surface area (Å²) in [4.78, 5) is -0.0929. The summed E-state index contributed by atoms with van der Waals surface area (Å²) >= 11 is 17.6. The van der Waals surface area contributed by atoms with Crippen molar-refractivity contribution >= 4 is 57.2 Å². The fourth-order valence-corrected chi connectivity index (χ4v) is 4.49. The molecule has 0 atom stereocenters. The molecule has 0 aliphatic carbocycles. The van der Waals surface area contributed by atoms with Crippen molar-refractivity contribution < 1.29 is 8.42 Å². The van der Waals surface area contributed by atoms with Crippen LogP contribution in [0.25, 0.3) is 0 Å². The lowest BCUT2D eigenvalue weighted by atomic mass is 10.2. The van der Waals surface area contributed by atoms with Gasteiger partial charge in [0.2, 0.25) is 10.0 Å². The summed E-state index contributed by atoms with van der Waals surface area (Å²) in [5.74, 6) is 0. The number of sulfonamides is 1. The molecule has 0 bridgehead atoms. The monoisotopic (exact) mass is 364 g/mol. The van der Waals surface area contributed by atoms with Crippen LogP contribution in [0.5, 0.6) is 0 Å². The molecule has 1 heterocycles. The Balaban J connectivity index is 0.00000180. The number of likely N-dealkylation sites (N-methyl/N-ethyl adjacent to an activating group) is 1. The van der Waals surface area contributed by atoms with Crippen molar-refractivity contribution in [3.63, 3.8) is 0 Å². The topological polar surface area (TPSA) is 49.4 Å². The summed E-state index contributed by atoms with van der Waals surface area (Å²) in [6.07, 6.45) is 0. The van der Waals surface area contributed by atoms with E-state index in [4.69, 9.17) is 34.8 Å². The number of halogens is 4. The van der Waals surface area contributed by atoms with Crippen molar-refractivity contribution in [1.82, 2.24) is 9.62 Å². The second kappa shape index (κ2) is 6.35. The van der Waals surface area contributed by atoms with Crippen LogP contribution in [0.15, 0.2) is 17.0 Å². The van der Waals surface area contributed by atoms with Crippen LogP contribution in [0.2, 0.25) is 15.1 Å². The van der Waals surface area contributed by atoms with Crippen molar-refractivity contribution in [2.24, 2.45) is 0 Å². The number of benzene rings is 1. The van der Waals surface area contributed by atoms with Gasteiger partial charge in [0, 0.05) is 31.2 Å². The van der Waals surface area contributed by atoms with Crippen molar-refractivity contribution in [2.45, 2.75) is 10.9 Å². The van der Waals surface area contributed by atoms with Crippen molar-refractivity contribution in [3.05, 3.63) is 27.2 Å². The summed E-state index contributed by atoms with van der Waals surface area (Å²) in [6.45, 7) is 1.25. The molecule has 0 unspecified atom stereocenters. The van der Waals surface area contributed by atoms with Crippen molar-refractivity contribution in [2.75, 3.05) is 20.1 Å². The van der Waals surface area contributed by atoms with Crippen LogP contribution in [-0.2, 0) is 10.0 Å². The van der Waals surface area contributed by atoms with Crippen LogP contribution in [0.1, 0.15) is 0 Å². The van der Waals surface area contributed by atoms with Gasteiger partial charge in [-0.05, 0) is 12.1 Å². The highest BCUT2D eigenvalue weighted by atomic mass is 35.5. The molecule has 1 saturated heterocycles. The molecular weight excluding hydrogens is 354 g/mol. The van der Waals surface area contributed by atoms with E-state index in [2.05, 4.69) is 5.32 Å². The molecule has 1 N–H and O–H groups in total. The maximum atomic E-state index is 12.4. The molecule has 1 aromatic carbocycles. The Morgan fingerprint density at radius 1 is 1.21 bits per heavy atom. The van der Waals surface area contributed by atoms with Gasteiger partial charge >= 0.3 is 0 Å². The van der Waals surface area contributed by atoms with Crippen molar-refractivity contribution in [1.29, 1.82) is 0 Å². The number of nitrogens with zero attached hydrogens (tertiary/aromatic N) is 1. The highest BCUT2D eigenvalue weighted by Crippen LogP contribution is 2.34. The number of hydrogen-bond donors (Lipinski definition) is 1. The van der Waals surface area contributed by atoms with Gasteiger partial charge in [0.1, 0.15) is 4.90 Å². The first-order valence-corrected chi connectivity index (χ1v) is 7.74. The summed E-state index contributed by atoms with van der Waals surface area (Å²) in [5, 5.41) is 3.38. The predicted octanol–water partition coefficient (Wildman–Crippen LogP) is 2.66. The molecule has 1 aliphatic heterocycles. The number of nitrogens with one attached hydrogen (secondary N) is 1. The lowest BCUT2D eigenvalue weighted by molar-refractivity contribution is 0.274. The zero-order chi connectivity index (χ0) is 13.5. The third-order valence-electron chi connectivity index (χ3n) is 2.87. The number of rotatable bonds is 3. The molecular formula is C10H12Cl4N2O2S. The summed E-state index contributed by atoms with van der Waals surface area (Å²) in [5.41, 5.74) is 0. The minimum atomic E-state index is -3.71. The first-order valence-electron chi connectivity index (χ1n) is 5.17. The zero-order valence-corrected chi connectivity index (χ0v) is 13.8. The fourth-order valence-electron chi connectivity index (χ4n) is 1.65. The van der Waals surface area contributed by atoms with Crippen LogP contribution in [0, 0.1) is 0 Å². The van der Waals surface area contributed by atoms with E-state index in [9.17, 15) is 8.42 Å². The lowest BCUT2D eigenvalue weighted by Crippen LogP contribution is -2.57. The molecule has 1 fully saturated rings. The standard InChI is InChI=1S/C10H11Cl3N2O2S.ClH/c1-15(7-4-14-5-7)18(16,17)10-8(12)2-6(11)3-9(10)13;/h2-3,7,14H,4-5H2,1H3;1H. The maximum absolute atomic E-state index is 12.4. The second-order valence-corrected chi connectivity index (χ2v) is 7.22. The third-order valence-corrected chi connectivity index (χ3v) is 5.92. The van der Waals surface area contributed by atoms with Crippen LogP contribution in [0.4, 0.5) is 0 Å². The highest BCUT2D eigenvalue weighted by Gasteiger charge is 2.34. The first kappa shape index (κ1) is 17.3. The molecule has 0 radical (unpaired) electrons. The molecule has 0 saturated carbocycles. The van der Waals surface area contributed by atoms with E-state index in [1.54, 1.807) is 0 Å². The Kier molecular flexibility index (Phi) is 5.78. The smallest absolute Gasteiger partial charge is 0.246 e. The van der Waals surface area contributed by atoms with E-state index >= 15 is 0 Å². The van der Waals surface area contributed by atoms with Crippen LogP contribution in [0.3, 0.4) is 0 Å². The Morgan fingerprint density at radius 2 is 1.68 bits per heavy atom. The van der Waals surface area contributed by atoms with Gasteiger partial charge in [-0.2, -0.15) is 4.31 Å². The van der Waals surface area contributed by atoms with Gasteiger partial charge in [0.25, 0.3) is 0 Å². The van der Waals surface area contributed by atoms with E-state index in [1.807, 2.05) is 0 Å². The maximum Gasteiger partial charge on any atom is 0.246 e. The van der Waals surface area contributed by atoms with E-state index in [1.165, 1.54) is 23.5 Å². The third kappa shape index (κ3) is 3.29. The fraction of sp³-hybridized carbons (Fsp3) is 0.400. The molecule has 0 spiro atoms. The highest BCUT2D eigenvalue weighted by molar-refractivity contribution is 7.89. The Bertz CT molecular complexity index is 552. The van der Waals surface area contributed by atoms with E-state index in [-0.39, 0.29) is 33.4 Å². The average Bonchev–Trinajstić information content (AvgIpc) is 2.11. The zero-order valence-electron chi connectivity index (χ0n) is 9.86. The number of hydrogen-bond acceptors (Lipinski definition) is 3. The van der Waals surface area contributed by atoms with Gasteiger partial charge in [0.05, 0.1) is 10.0 Å². The van der Waals surface area contributed by atoms with Gasteiger partial charge < -0.3 is 5.32 Å². The van der Waals surface area contributed by atoms with Gasteiger partial charge in [-0.1, -0.05) is 34.8 Å². The largest absolute Gasteiger partial charge is 0.313 e. The Hall–Kier alpha value is 0.250. The van der Waals surface area contributed by atoms with E-state index < -0.39 is 10.0 Å². The van der Waals surface area contributed by atoms with Gasteiger partial charge in [-0.3, -0.25) is 0 Å². The SMILES string of the molecule is CN(C1CNC1)S(=O)(=O)c1c(Cl)cc(Cl)cc1Cl.Cl. The van der Waals surface area contributed by atoms with Crippen molar-refractivity contribution in [3.8, 4) is 0 Å². The molecule has 1 aromatic rings. The minimum Gasteiger partial charge on any atom is -0.313 e. The first-order chi connectivity index (χ1) is 8.34. The molecule has 4 nitrogen and oxygen atoms in total. The summed E-state index contributed by atoms with van der Waals surface area (Å²) in [7, 11) is -2.19. The quantitative estimate of drug-likeness (QED) is 0.895. The van der Waals surface area contributed by atoms with Crippen LogP contribution >= 0.6 is 47.2 Å². The molecule has 2 rings (SSSR count). The molecule has 19 heavy (non-hydrogen) atoms. The second-order valence-electron chi connectivity index (χ2n) is 4.03. The molecule has 9 heteroatoms. The molecule has 0 aromatic heterocycles. The Morgan fingerprint density at radius 3 is 2.05 bits per heavy atom. The van der Waals surface area contributed by atoms with Gasteiger partial charge in [0.15, 0.2) is 0 Å². The molecule has 0 amide bonds.